The van der Waals surface area contributed by atoms with Gasteiger partial charge in [0.25, 0.3) is 5.78 Å². The molecule has 3 aromatic carbocycles. The molecule has 4 aromatic rings. The lowest BCUT2D eigenvalue weighted by molar-refractivity contribution is -0.132. The normalized spacial score (nSPS) is 16.7. The molecule has 1 aliphatic heterocycles. The quantitative estimate of drug-likeness (QED) is 0.198. The average Bonchev–Trinajstić information content (AvgIpc) is 3.45. The van der Waals surface area contributed by atoms with Crippen molar-refractivity contribution in [3.05, 3.63) is 88.5 Å². The summed E-state index contributed by atoms with van der Waals surface area (Å²) in [6.07, 6.45) is 0. The van der Waals surface area contributed by atoms with Crippen LogP contribution in [0.1, 0.15) is 33.1 Å². The predicted octanol–water partition coefficient (Wildman–Crippen LogP) is 4.21. The van der Waals surface area contributed by atoms with Crippen molar-refractivity contribution in [2.75, 3.05) is 19.1 Å². The summed E-state index contributed by atoms with van der Waals surface area (Å²) in [5, 5.41) is 20.8. The summed E-state index contributed by atoms with van der Waals surface area (Å²) in [7, 11) is 3.02. The molecule has 3 N–H and O–H groups in total. The number of carbonyl (C=O) groups excluding carboxylic acids is 2. The van der Waals surface area contributed by atoms with Gasteiger partial charge in [-0.1, -0.05) is 12.1 Å². The Morgan fingerprint density at radius 3 is 2.39 bits per heavy atom. The Morgan fingerprint density at radius 1 is 0.974 bits per heavy atom. The molecule has 10 heteroatoms. The van der Waals surface area contributed by atoms with Crippen LogP contribution in [-0.2, 0) is 9.59 Å². The number of aromatic amines is 1. The molecule has 1 fully saturated rings. The van der Waals surface area contributed by atoms with Crippen LogP contribution in [0.5, 0.6) is 11.5 Å². The van der Waals surface area contributed by atoms with Crippen molar-refractivity contribution < 1.29 is 34.1 Å². The van der Waals surface area contributed by atoms with Crippen LogP contribution in [-0.4, -0.2) is 52.1 Å². The minimum absolute atomic E-state index is 0.0305. The number of hydrogen-bond acceptors (Lipinski definition) is 7. The third kappa shape index (κ3) is 4.01. The summed E-state index contributed by atoms with van der Waals surface area (Å²) < 4.78 is 10.6. The van der Waals surface area contributed by atoms with Gasteiger partial charge >= 0.3 is 11.9 Å². The molecule has 0 aliphatic carbocycles. The SMILES string of the molecule is COc1cccc(C2/C(=C(\O)c3ccc(OC)cc3C)C(=O)C(=O)N2c2nc3ccc(C(=O)O)cc3[nH]2)c1. The zero-order valence-electron chi connectivity index (χ0n) is 20.7. The number of aromatic carboxylic acids is 1. The number of benzene rings is 3. The van der Waals surface area contributed by atoms with Gasteiger partial charge in [0.1, 0.15) is 17.3 Å². The van der Waals surface area contributed by atoms with E-state index in [1.807, 2.05) is 0 Å². The standard InChI is InChI=1S/C28H23N3O7/c1-14-11-18(38-3)8-9-19(14)24(32)22-23(15-5-4-6-17(12-15)37-2)31(26(34)25(22)33)28-29-20-10-7-16(27(35)36)13-21(20)30-28/h4-13,23,32H,1-3H3,(H,29,30)(H,35,36)/b24-22+. The summed E-state index contributed by atoms with van der Waals surface area (Å²) in [6, 6.07) is 15.1. The number of ketones is 1. The summed E-state index contributed by atoms with van der Waals surface area (Å²) in [4.78, 5) is 46.9. The van der Waals surface area contributed by atoms with Crippen LogP contribution >= 0.6 is 0 Å². The fourth-order valence-electron chi connectivity index (χ4n) is 4.60. The molecular formula is C28H23N3O7. The fraction of sp³-hybridized carbons (Fsp3) is 0.143. The molecule has 1 aromatic heterocycles. The number of ether oxygens (including phenoxy) is 2. The van der Waals surface area contributed by atoms with Gasteiger partial charge in [-0.3, -0.25) is 14.5 Å². The van der Waals surface area contributed by atoms with Gasteiger partial charge in [-0.25, -0.2) is 9.78 Å². The van der Waals surface area contributed by atoms with Gasteiger partial charge in [0.2, 0.25) is 5.95 Å². The maximum atomic E-state index is 13.5. The molecule has 38 heavy (non-hydrogen) atoms. The van der Waals surface area contributed by atoms with Crippen molar-refractivity contribution in [2.24, 2.45) is 0 Å². The smallest absolute Gasteiger partial charge is 0.335 e. The Kier molecular flexibility index (Phi) is 6.08. The number of methoxy groups -OCH3 is 2. The molecule has 1 atom stereocenters. The summed E-state index contributed by atoms with van der Waals surface area (Å²) in [5.41, 5.74) is 2.20. The molecule has 5 rings (SSSR count). The van der Waals surface area contributed by atoms with Crippen LogP contribution in [0.25, 0.3) is 16.8 Å². The second-order valence-corrected chi connectivity index (χ2v) is 8.72. The molecule has 0 spiro atoms. The van der Waals surface area contributed by atoms with Gasteiger partial charge < -0.3 is 24.7 Å². The number of carboxylic acids is 1. The van der Waals surface area contributed by atoms with Gasteiger partial charge in [-0.15, -0.1) is 0 Å². The number of carbonyl (C=O) groups is 3. The molecule has 1 aliphatic rings. The Hall–Kier alpha value is -5.12. The van der Waals surface area contributed by atoms with Crippen LogP contribution in [0.2, 0.25) is 0 Å². The third-order valence-corrected chi connectivity index (χ3v) is 6.49. The van der Waals surface area contributed by atoms with Crippen molar-refractivity contribution >= 4 is 40.4 Å². The first-order chi connectivity index (χ1) is 18.2. The average molecular weight is 514 g/mol. The second kappa shape index (κ2) is 9.40. The van der Waals surface area contributed by atoms with E-state index in [2.05, 4.69) is 9.97 Å². The van der Waals surface area contributed by atoms with Crippen LogP contribution < -0.4 is 14.4 Å². The number of anilines is 1. The number of hydrogen-bond donors (Lipinski definition) is 3. The lowest BCUT2D eigenvalue weighted by Crippen LogP contribution is -2.30. The van der Waals surface area contributed by atoms with E-state index in [1.165, 1.54) is 37.3 Å². The van der Waals surface area contributed by atoms with Crippen molar-refractivity contribution in [3.63, 3.8) is 0 Å². The molecule has 192 valence electrons. The first-order valence-electron chi connectivity index (χ1n) is 11.6. The number of amides is 1. The van der Waals surface area contributed by atoms with Gasteiger partial charge in [0.05, 0.1) is 42.4 Å². The molecule has 0 saturated carbocycles. The minimum atomic E-state index is -1.12. The second-order valence-electron chi connectivity index (χ2n) is 8.72. The minimum Gasteiger partial charge on any atom is -0.507 e. The highest BCUT2D eigenvalue weighted by molar-refractivity contribution is 6.51. The number of imidazole rings is 1. The molecule has 0 bridgehead atoms. The van der Waals surface area contributed by atoms with E-state index in [-0.39, 0.29) is 22.8 Å². The van der Waals surface area contributed by atoms with Gasteiger partial charge in [-0.2, -0.15) is 0 Å². The van der Waals surface area contributed by atoms with E-state index in [9.17, 15) is 24.6 Å². The van der Waals surface area contributed by atoms with E-state index in [0.29, 0.717) is 39.2 Å². The number of Topliss-reactive ketones (excluding diaryl/α,β-unsaturated/α-hetero) is 1. The highest BCUT2D eigenvalue weighted by Crippen LogP contribution is 2.43. The van der Waals surface area contributed by atoms with Crippen molar-refractivity contribution in [2.45, 2.75) is 13.0 Å². The highest BCUT2D eigenvalue weighted by atomic mass is 16.5. The number of aliphatic hydroxyl groups excluding tert-OH is 1. The highest BCUT2D eigenvalue weighted by Gasteiger charge is 2.48. The predicted molar refractivity (Wildman–Crippen MR) is 139 cm³/mol. The van der Waals surface area contributed by atoms with E-state index in [1.54, 1.807) is 49.4 Å². The topological polar surface area (TPSA) is 142 Å². The van der Waals surface area contributed by atoms with E-state index < -0.39 is 23.7 Å². The maximum Gasteiger partial charge on any atom is 0.335 e. The number of nitrogens with zero attached hydrogens (tertiary/aromatic N) is 2. The molecule has 2 heterocycles. The maximum absolute atomic E-state index is 13.5. The van der Waals surface area contributed by atoms with Crippen molar-refractivity contribution in [1.29, 1.82) is 0 Å². The number of aryl methyl sites for hydroxylation is 1. The van der Waals surface area contributed by atoms with Crippen molar-refractivity contribution in [1.82, 2.24) is 9.97 Å². The Labute approximate surface area is 216 Å². The largest absolute Gasteiger partial charge is 0.507 e. The molecule has 10 nitrogen and oxygen atoms in total. The molecule has 0 radical (unpaired) electrons. The van der Waals surface area contributed by atoms with Crippen LogP contribution in [0, 0.1) is 6.92 Å². The lowest BCUT2D eigenvalue weighted by atomic mass is 9.94. The number of nitrogens with one attached hydrogen (secondary N) is 1. The van der Waals surface area contributed by atoms with Crippen molar-refractivity contribution in [3.8, 4) is 11.5 Å². The number of carboxylic acid groups (broad SMARTS) is 1. The number of aliphatic hydroxyl groups is 1. The Morgan fingerprint density at radius 2 is 1.71 bits per heavy atom. The first kappa shape index (κ1) is 24.6. The number of rotatable bonds is 6. The molecule has 1 unspecified atom stereocenters. The van der Waals surface area contributed by atoms with Crippen LogP contribution in [0.4, 0.5) is 5.95 Å². The monoisotopic (exact) mass is 513 g/mol. The summed E-state index contributed by atoms with van der Waals surface area (Å²) >= 11 is 0. The molecule has 1 saturated heterocycles. The number of fused-ring (bicyclic) bond motifs is 1. The van der Waals surface area contributed by atoms with Gasteiger partial charge in [0.15, 0.2) is 0 Å². The number of H-pyrrole nitrogens is 1. The van der Waals surface area contributed by atoms with Gasteiger partial charge in [-0.05, 0) is 66.6 Å². The summed E-state index contributed by atoms with van der Waals surface area (Å²) in [5.74, 6) is -2.16. The van der Waals surface area contributed by atoms with Gasteiger partial charge in [0, 0.05) is 5.56 Å². The van der Waals surface area contributed by atoms with E-state index in [0.717, 1.165) is 0 Å². The van der Waals surface area contributed by atoms with Crippen LogP contribution in [0.15, 0.2) is 66.2 Å². The number of aromatic nitrogens is 2. The fourth-order valence-corrected chi connectivity index (χ4v) is 4.60. The lowest BCUT2D eigenvalue weighted by Gasteiger charge is -2.23. The zero-order chi connectivity index (χ0) is 27.1. The Balaban J connectivity index is 1.73. The molecule has 1 amide bonds. The Bertz CT molecular complexity index is 1650. The molecular weight excluding hydrogens is 490 g/mol. The van der Waals surface area contributed by atoms with E-state index >= 15 is 0 Å². The first-order valence-corrected chi connectivity index (χ1v) is 11.6. The summed E-state index contributed by atoms with van der Waals surface area (Å²) in [6.45, 7) is 1.76. The zero-order valence-corrected chi connectivity index (χ0v) is 20.7. The van der Waals surface area contributed by atoms with E-state index in [4.69, 9.17) is 9.47 Å². The third-order valence-electron chi connectivity index (χ3n) is 6.49. The van der Waals surface area contributed by atoms with Crippen LogP contribution in [0.3, 0.4) is 0 Å².